The van der Waals surface area contributed by atoms with Crippen LogP contribution in [0.4, 0.5) is 4.39 Å². The molecule has 0 radical (unpaired) electrons. The van der Waals surface area contributed by atoms with Gasteiger partial charge in [-0.25, -0.2) is 4.39 Å². The second-order valence-corrected chi connectivity index (χ2v) is 4.87. The predicted molar refractivity (Wildman–Crippen MR) is 79.5 cm³/mol. The molecule has 0 spiro atoms. The number of aryl methyl sites for hydroxylation is 1. The van der Waals surface area contributed by atoms with Crippen LogP contribution in [0.1, 0.15) is 18.1 Å². The Balaban J connectivity index is 1.88. The Bertz CT molecular complexity index is 610. The van der Waals surface area contributed by atoms with Crippen LogP contribution in [0.2, 0.25) is 0 Å². The summed E-state index contributed by atoms with van der Waals surface area (Å²) in [7, 11) is 0. The Kier molecular flexibility index (Phi) is 4.93. The lowest BCUT2D eigenvalue weighted by Crippen LogP contribution is -2.36. The van der Waals surface area contributed by atoms with Crippen molar-refractivity contribution in [1.82, 2.24) is 5.32 Å². The molecule has 0 fully saturated rings. The lowest BCUT2D eigenvalue weighted by Gasteiger charge is -2.16. The first-order valence-electron chi connectivity index (χ1n) is 6.80. The fourth-order valence-electron chi connectivity index (χ4n) is 1.87. The minimum absolute atomic E-state index is 0.206. The first kappa shape index (κ1) is 15.0. The van der Waals surface area contributed by atoms with Gasteiger partial charge >= 0.3 is 0 Å². The fraction of sp³-hybridized carbons (Fsp3) is 0.235. The van der Waals surface area contributed by atoms with E-state index in [9.17, 15) is 9.18 Å². The van der Waals surface area contributed by atoms with E-state index in [1.165, 1.54) is 12.1 Å². The van der Waals surface area contributed by atoms with Crippen LogP contribution in [0.15, 0.2) is 48.5 Å². The van der Waals surface area contributed by atoms with Gasteiger partial charge in [0.1, 0.15) is 11.6 Å². The number of benzene rings is 2. The van der Waals surface area contributed by atoms with Crippen molar-refractivity contribution in [2.75, 3.05) is 0 Å². The standard InChI is InChI=1S/C17H18FNO2/c1-12-5-3-4-6-16(12)21-13(2)17(20)19-11-14-7-9-15(18)10-8-14/h3-10,13H,11H2,1-2H3,(H,19,20). The zero-order valence-corrected chi connectivity index (χ0v) is 12.1. The van der Waals surface area contributed by atoms with Gasteiger partial charge < -0.3 is 10.1 Å². The van der Waals surface area contributed by atoms with Crippen LogP contribution in [0.5, 0.6) is 5.75 Å². The van der Waals surface area contributed by atoms with Crippen molar-refractivity contribution >= 4 is 5.91 Å². The number of halogens is 1. The summed E-state index contributed by atoms with van der Waals surface area (Å²) in [6.45, 7) is 3.98. The zero-order chi connectivity index (χ0) is 15.2. The Labute approximate surface area is 123 Å². The van der Waals surface area contributed by atoms with E-state index in [0.717, 1.165) is 11.1 Å². The summed E-state index contributed by atoms with van der Waals surface area (Å²) in [6, 6.07) is 13.6. The van der Waals surface area contributed by atoms with Gasteiger partial charge in [-0.05, 0) is 43.2 Å². The molecule has 2 aromatic carbocycles. The number of carbonyl (C=O) groups is 1. The van der Waals surface area contributed by atoms with Crippen molar-refractivity contribution < 1.29 is 13.9 Å². The van der Waals surface area contributed by atoms with Crippen LogP contribution >= 0.6 is 0 Å². The van der Waals surface area contributed by atoms with E-state index >= 15 is 0 Å². The first-order chi connectivity index (χ1) is 10.1. The Morgan fingerprint density at radius 2 is 1.86 bits per heavy atom. The molecule has 2 aromatic rings. The number of amides is 1. The normalized spacial score (nSPS) is 11.8. The van der Waals surface area contributed by atoms with E-state index < -0.39 is 6.10 Å². The molecule has 21 heavy (non-hydrogen) atoms. The number of nitrogens with one attached hydrogen (secondary N) is 1. The Hall–Kier alpha value is -2.36. The summed E-state index contributed by atoms with van der Waals surface area (Å²) in [5.41, 5.74) is 1.82. The molecule has 1 unspecified atom stereocenters. The molecule has 4 heteroatoms. The molecular weight excluding hydrogens is 269 g/mol. The first-order valence-corrected chi connectivity index (χ1v) is 6.80. The molecule has 3 nitrogen and oxygen atoms in total. The number of ether oxygens (including phenoxy) is 1. The number of carbonyl (C=O) groups excluding carboxylic acids is 1. The topological polar surface area (TPSA) is 38.3 Å². The third-order valence-electron chi connectivity index (χ3n) is 3.15. The van der Waals surface area contributed by atoms with Crippen LogP contribution in [0.3, 0.4) is 0 Å². The van der Waals surface area contributed by atoms with Gasteiger partial charge in [-0.2, -0.15) is 0 Å². The van der Waals surface area contributed by atoms with Crippen molar-refractivity contribution in [1.29, 1.82) is 0 Å². The maximum atomic E-state index is 12.8. The average Bonchev–Trinajstić information content (AvgIpc) is 2.48. The van der Waals surface area contributed by atoms with Crippen LogP contribution in [-0.2, 0) is 11.3 Å². The molecule has 110 valence electrons. The number of hydrogen-bond donors (Lipinski definition) is 1. The fourth-order valence-corrected chi connectivity index (χ4v) is 1.87. The highest BCUT2D eigenvalue weighted by Gasteiger charge is 2.15. The molecule has 1 N–H and O–H groups in total. The largest absolute Gasteiger partial charge is 0.481 e. The SMILES string of the molecule is Cc1ccccc1OC(C)C(=O)NCc1ccc(F)cc1. The van der Waals surface area contributed by atoms with E-state index in [1.54, 1.807) is 19.1 Å². The molecule has 0 bridgehead atoms. The predicted octanol–water partition coefficient (Wildman–Crippen LogP) is 3.22. The van der Waals surface area contributed by atoms with Crippen LogP contribution in [0, 0.1) is 12.7 Å². The van der Waals surface area contributed by atoms with Gasteiger partial charge in [-0.3, -0.25) is 4.79 Å². The summed E-state index contributed by atoms with van der Waals surface area (Å²) in [6.07, 6.45) is -0.591. The van der Waals surface area contributed by atoms with Crippen molar-refractivity contribution in [2.24, 2.45) is 0 Å². The third kappa shape index (κ3) is 4.31. The van der Waals surface area contributed by atoms with Gasteiger partial charge in [0.15, 0.2) is 6.10 Å². The highest BCUT2D eigenvalue weighted by atomic mass is 19.1. The Morgan fingerprint density at radius 1 is 1.19 bits per heavy atom. The number of para-hydroxylation sites is 1. The minimum atomic E-state index is -0.591. The quantitative estimate of drug-likeness (QED) is 0.917. The molecule has 1 amide bonds. The van der Waals surface area contributed by atoms with E-state index in [1.807, 2.05) is 31.2 Å². The van der Waals surface area contributed by atoms with Gasteiger partial charge in [0, 0.05) is 6.54 Å². The van der Waals surface area contributed by atoms with Crippen LogP contribution in [0.25, 0.3) is 0 Å². The van der Waals surface area contributed by atoms with Crippen molar-refractivity contribution in [3.05, 3.63) is 65.5 Å². The smallest absolute Gasteiger partial charge is 0.261 e. The summed E-state index contributed by atoms with van der Waals surface area (Å²) in [5.74, 6) is 0.200. The maximum absolute atomic E-state index is 12.8. The third-order valence-corrected chi connectivity index (χ3v) is 3.15. The molecular formula is C17H18FNO2. The highest BCUT2D eigenvalue weighted by molar-refractivity contribution is 5.80. The maximum Gasteiger partial charge on any atom is 0.261 e. The molecule has 1 atom stereocenters. The van der Waals surface area contributed by atoms with Gasteiger partial charge in [-0.1, -0.05) is 30.3 Å². The van der Waals surface area contributed by atoms with E-state index in [4.69, 9.17) is 4.74 Å². The van der Waals surface area contributed by atoms with Crippen LogP contribution in [-0.4, -0.2) is 12.0 Å². The summed E-state index contributed by atoms with van der Waals surface area (Å²) < 4.78 is 18.4. The molecule has 2 rings (SSSR count). The van der Waals surface area contributed by atoms with E-state index in [0.29, 0.717) is 12.3 Å². The highest BCUT2D eigenvalue weighted by Crippen LogP contribution is 2.17. The second kappa shape index (κ2) is 6.88. The van der Waals surface area contributed by atoms with Crippen molar-refractivity contribution in [3.63, 3.8) is 0 Å². The number of rotatable bonds is 5. The molecule has 0 aliphatic carbocycles. The monoisotopic (exact) mass is 287 g/mol. The summed E-state index contributed by atoms with van der Waals surface area (Å²) in [4.78, 5) is 12.0. The molecule has 0 heterocycles. The van der Waals surface area contributed by atoms with Crippen molar-refractivity contribution in [2.45, 2.75) is 26.5 Å². The van der Waals surface area contributed by atoms with Crippen LogP contribution < -0.4 is 10.1 Å². The minimum Gasteiger partial charge on any atom is -0.481 e. The zero-order valence-electron chi connectivity index (χ0n) is 12.1. The average molecular weight is 287 g/mol. The summed E-state index contributed by atoms with van der Waals surface area (Å²) in [5, 5.41) is 2.77. The molecule has 0 saturated heterocycles. The van der Waals surface area contributed by atoms with Gasteiger partial charge in [-0.15, -0.1) is 0 Å². The lowest BCUT2D eigenvalue weighted by atomic mass is 10.2. The van der Waals surface area contributed by atoms with Gasteiger partial charge in [0.2, 0.25) is 0 Å². The van der Waals surface area contributed by atoms with Gasteiger partial charge in [0.05, 0.1) is 0 Å². The molecule has 0 aliphatic heterocycles. The Morgan fingerprint density at radius 3 is 2.52 bits per heavy atom. The summed E-state index contributed by atoms with van der Waals surface area (Å²) >= 11 is 0. The molecule has 0 aliphatic rings. The number of hydrogen-bond acceptors (Lipinski definition) is 2. The van der Waals surface area contributed by atoms with E-state index in [2.05, 4.69) is 5.32 Å². The van der Waals surface area contributed by atoms with Crippen molar-refractivity contribution in [3.8, 4) is 5.75 Å². The molecule has 0 aromatic heterocycles. The molecule has 0 saturated carbocycles. The lowest BCUT2D eigenvalue weighted by molar-refractivity contribution is -0.127. The van der Waals surface area contributed by atoms with Gasteiger partial charge in [0.25, 0.3) is 5.91 Å². The second-order valence-electron chi connectivity index (χ2n) is 4.87. The van der Waals surface area contributed by atoms with E-state index in [-0.39, 0.29) is 11.7 Å².